The summed E-state index contributed by atoms with van der Waals surface area (Å²) in [7, 11) is -3.20. The van der Waals surface area contributed by atoms with Crippen molar-refractivity contribution in [3.05, 3.63) is 47.7 Å². The number of aromatic nitrogens is 2. The number of pyridine rings is 1. The molecule has 0 saturated carbocycles. The van der Waals surface area contributed by atoms with Crippen LogP contribution >= 0.6 is 0 Å². The highest BCUT2D eigenvalue weighted by molar-refractivity contribution is 7.89. The predicted molar refractivity (Wildman–Crippen MR) is 113 cm³/mol. The lowest BCUT2D eigenvalue weighted by Crippen LogP contribution is -2.46. The van der Waals surface area contributed by atoms with E-state index in [0.29, 0.717) is 54.0 Å². The molecule has 30 heavy (non-hydrogen) atoms. The van der Waals surface area contributed by atoms with Crippen molar-refractivity contribution in [1.29, 1.82) is 0 Å². The lowest BCUT2D eigenvalue weighted by atomic mass is 10.0. The monoisotopic (exact) mass is 428 g/mol. The van der Waals surface area contributed by atoms with E-state index in [1.54, 1.807) is 19.9 Å². The molecule has 0 spiro atoms. The van der Waals surface area contributed by atoms with Gasteiger partial charge in [-0.15, -0.1) is 0 Å². The second-order valence-electron chi connectivity index (χ2n) is 7.42. The summed E-state index contributed by atoms with van der Waals surface area (Å²) in [6.07, 6.45) is 1.15. The maximum Gasteiger partial charge on any atom is 0.259 e. The largest absolute Gasteiger partial charge is 0.349 e. The predicted octanol–water partition coefficient (Wildman–Crippen LogP) is 2.74. The minimum atomic E-state index is -3.20. The number of aryl methyl sites for hydroxylation is 1. The van der Waals surface area contributed by atoms with Crippen LogP contribution < -0.4 is 5.32 Å². The number of sulfonamides is 1. The van der Waals surface area contributed by atoms with E-state index in [1.807, 2.05) is 30.3 Å². The molecule has 9 heteroatoms. The second-order valence-corrected chi connectivity index (χ2v) is 9.67. The Morgan fingerprint density at radius 2 is 1.93 bits per heavy atom. The van der Waals surface area contributed by atoms with Crippen LogP contribution in [0.4, 0.5) is 0 Å². The van der Waals surface area contributed by atoms with Crippen LogP contribution in [0.2, 0.25) is 0 Å². The maximum atomic E-state index is 13.2. The summed E-state index contributed by atoms with van der Waals surface area (Å²) in [5.41, 5.74) is 2.89. The normalized spacial score (nSPS) is 16.1. The Bertz CT molecular complexity index is 1170. The van der Waals surface area contributed by atoms with E-state index in [0.717, 1.165) is 5.56 Å². The Morgan fingerprint density at radius 3 is 2.60 bits per heavy atom. The van der Waals surface area contributed by atoms with Crippen LogP contribution in [-0.4, -0.2) is 53.7 Å². The van der Waals surface area contributed by atoms with Gasteiger partial charge in [-0.2, -0.15) is 0 Å². The number of hydrogen-bond donors (Lipinski definition) is 1. The summed E-state index contributed by atoms with van der Waals surface area (Å²) in [6, 6.07) is 11.2. The number of amides is 1. The standard InChI is InChI=1S/C21H24N4O4S/c1-3-30(27,28)25-11-9-16(10-12-25)22-20(26)17-13-18(15-7-5-4-6-8-15)23-21-19(17)14(2)24-29-21/h4-8,13,16H,3,9-12H2,1-2H3,(H,22,26). The average Bonchev–Trinajstić information content (AvgIpc) is 3.15. The quantitative estimate of drug-likeness (QED) is 0.670. The molecule has 1 aliphatic heterocycles. The van der Waals surface area contributed by atoms with Gasteiger partial charge in [-0.25, -0.2) is 17.7 Å². The summed E-state index contributed by atoms with van der Waals surface area (Å²) >= 11 is 0. The molecular weight excluding hydrogens is 404 g/mol. The molecule has 0 unspecified atom stereocenters. The van der Waals surface area contributed by atoms with Crippen LogP contribution in [0.3, 0.4) is 0 Å². The van der Waals surface area contributed by atoms with E-state index in [1.165, 1.54) is 4.31 Å². The van der Waals surface area contributed by atoms with Gasteiger partial charge in [0, 0.05) is 24.7 Å². The number of benzene rings is 1. The first-order chi connectivity index (χ1) is 14.4. The van der Waals surface area contributed by atoms with E-state index in [-0.39, 0.29) is 17.7 Å². The van der Waals surface area contributed by atoms with Crippen LogP contribution in [0.15, 0.2) is 40.9 Å². The van der Waals surface area contributed by atoms with Crippen molar-refractivity contribution in [3.8, 4) is 11.3 Å². The van der Waals surface area contributed by atoms with Gasteiger partial charge in [0.25, 0.3) is 11.6 Å². The molecule has 3 heterocycles. The molecule has 0 aliphatic carbocycles. The summed E-state index contributed by atoms with van der Waals surface area (Å²) in [4.78, 5) is 17.7. The first-order valence-electron chi connectivity index (χ1n) is 10.00. The third kappa shape index (κ3) is 3.95. The minimum absolute atomic E-state index is 0.0913. The zero-order valence-corrected chi connectivity index (χ0v) is 17.8. The topological polar surface area (TPSA) is 105 Å². The van der Waals surface area contributed by atoms with Gasteiger partial charge in [0.05, 0.1) is 28.1 Å². The van der Waals surface area contributed by atoms with Gasteiger partial charge in [0.1, 0.15) is 0 Å². The SMILES string of the molecule is CCS(=O)(=O)N1CCC(NC(=O)c2cc(-c3ccccc3)nc3onc(C)c23)CC1. The number of nitrogens with one attached hydrogen (secondary N) is 1. The summed E-state index contributed by atoms with van der Waals surface area (Å²) in [5, 5.41) is 7.63. The molecule has 4 rings (SSSR count). The Labute approximate surface area is 175 Å². The smallest absolute Gasteiger partial charge is 0.259 e. The fraction of sp³-hybridized carbons (Fsp3) is 0.381. The highest BCUT2D eigenvalue weighted by atomic mass is 32.2. The van der Waals surface area contributed by atoms with E-state index in [9.17, 15) is 13.2 Å². The fourth-order valence-corrected chi connectivity index (χ4v) is 4.89. The van der Waals surface area contributed by atoms with Gasteiger partial charge < -0.3 is 9.84 Å². The molecule has 1 N–H and O–H groups in total. The molecule has 3 aromatic rings. The molecule has 0 bridgehead atoms. The van der Waals surface area contributed by atoms with Crippen molar-refractivity contribution < 1.29 is 17.7 Å². The van der Waals surface area contributed by atoms with E-state index in [4.69, 9.17) is 4.52 Å². The number of nitrogens with zero attached hydrogens (tertiary/aromatic N) is 3. The Kier molecular flexibility index (Phi) is 5.57. The minimum Gasteiger partial charge on any atom is -0.349 e. The molecular formula is C21H24N4O4S. The van der Waals surface area contributed by atoms with Crippen molar-refractivity contribution in [1.82, 2.24) is 19.8 Å². The number of carbonyl (C=O) groups excluding carboxylic acids is 1. The molecule has 1 saturated heterocycles. The maximum absolute atomic E-state index is 13.2. The van der Waals surface area contributed by atoms with Gasteiger partial charge in [0.15, 0.2) is 0 Å². The Balaban J connectivity index is 1.58. The molecule has 1 fully saturated rings. The summed E-state index contributed by atoms with van der Waals surface area (Å²) in [5.74, 6) is -0.142. The number of fused-ring (bicyclic) bond motifs is 1. The zero-order valence-electron chi connectivity index (χ0n) is 17.0. The fourth-order valence-electron chi connectivity index (χ4n) is 3.75. The zero-order chi connectivity index (χ0) is 21.3. The summed E-state index contributed by atoms with van der Waals surface area (Å²) < 4.78 is 30.9. The molecule has 1 aromatic carbocycles. The van der Waals surface area contributed by atoms with E-state index < -0.39 is 10.0 Å². The number of rotatable bonds is 5. The molecule has 0 radical (unpaired) electrons. The van der Waals surface area contributed by atoms with Crippen molar-refractivity contribution in [2.24, 2.45) is 0 Å². The molecule has 0 atom stereocenters. The van der Waals surface area contributed by atoms with E-state index >= 15 is 0 Å². The lowest BCUT2D eigenvalue weighted by Gasteiger charge is -2.31. The Morgan fingerprint density at radius 1 is 1.23 bits per heavy atom. The van der Waals surface area contributed by atoms with Crippen molar-refractivity contribution in [2.75, 3.05) is 18.8 Å². The number of hydrogen-bond acceptors (Lipinski definition) is 6. The van der Waals surface area contributed by atoms with Gasteiger partial charge in [0.2, 0.25) is 10.0 Å². The number of piperidine rings is 1. The van der Waals surface area contributed by atoms with Crippen LogP contribution in [-0.2, 0) is 10.0 Å². The van der Waals surface area contributed by atoms with E-state index in [2.05, 4.69) is 15.5 Å². The van der Waals surface area contributed by atoms with Crippen LogP contribution in [0.5, 0.6) is 0 Å². The lowest BCUT2D eigenvalue weighted by molar-refractivity contribution is 0.0925. The van der Waals surface area contributed by atoms with Gasteiger partial charge in [-0.3, -0.25) is 4.79 Å². The summed E-state index contributed by atoms with van der Waals surface area (Å²) in [6.45, 7) is 4.24. The van der Waals surface area contributed by atoms with Gasteiger partial charge in [-0.1, -0.05) is 35.5 Å². The van der Waals surface area contributed by atoms with Crippen molar-refractivity contribution >= 4 is 27.0 Å². The van der Waals surface area contributed by atoms with Crippen molar-refractivity contribution in [3.63, 3.8) is 0 Å². The first kappa shape index (κ1) is 20.5. The highest BCUT2D eigenvalue weighted by Gasteiger charge is 2.28. The Hall–Kier alpha value is -2.78. The number of carbonyl (C=O) groups is 1. The molecule has 8 nitrogen and oxygen atoms in total. The molecule has 1 amide bonds. The van der Waals surface area contributed by atoms with Crippen LogP contribution in [0.25, 0.3) is 22.4 Å². The van der Waals surface area contributed by atoms with Gasteiger partial charge >= 0.3 is 0 Å². The third-order valence-corrected chi connectivity index (χ3v) is 7.36. The molecule has 158 valence electrons. The van der Waals surface area contributed by atoms with Gasteiger partial charge in [-0.05, 0) is 32.8 Å². The highest BCUT2D eigenvalue weighted by Crippen LogP contribution is 2.27. The van der Waals surface area contributed by atoms with Crippen LogP contribution in [0, 0.1) is 6.92 Å². The van der Waals surface area contributed by atoms with Crippen LogP contribution in [0.1, 0.15) is 35.8 Å². The second kappa shape index (κ2) is 8.16. The molecule has 1 aliphatic rings. The third-order valence-electron chi connectivity index (χ3n) is 5.48. The first-order valence-corrected chi connectivity index (χ1v) is 11.6. The van der Waals surface area contributed by atoms with Crippen molar-refractivity contribution in [2.45, 2.75) is 32.7 Å². The molecule has 2 aromatic heterocycles. The average molecular weight is 429 g/mol.